The van der Waals surface area contributed by atoms with Crippen molar-refractivity contribution in [1.29, 1.82) is 0 Å². The van der Waals surface area contributed by atoms with Crippen molar-refractivity contribution in [3.63, 3.8) is 0 Å². The van der Waals surface area contributed by atoms with Gasteiger partial charge in [0.2, 0.25) is 39.5 Å². The highest BCUT2D eigenvalue weighted by atomic mass is 32.2. The maximum absolute atomic E-state index is 13.9. The summed E-state index contributed by atoms with van der Waals surface area (Å²) in [4.78, 5) is 49.1. The van der Waals surface area contributed by atoms with Crippen LogP contribution < -0.4 is 44.4 Å². The SMILES string of the molecule is CC(C)CN(C[C@@H](O)[C@H](Cc1ccc(OCCCC(=O)O)cc1)NC(=O)O[C@H]1CO[C@H]2OCC[C@H]21)S(=O)(=O)c1ccc2c(c1)OCO2.CCCCNC(=O)CCCOc1ccc(C[C@H](NC(=O)O[C@H]2CO[C@H]3OCC[C@H]32)[C@H](O)CN(CC(C)C)S(=O)(=O)c2ccc3c(c2)OCO3)cc1. The normalized spacial score (nSPS) is 21.0. The summed E-state index contributed by atoms with van der Waals surface area (Å²) in [6, 6.07) is 21.1. The molecule has 6 aliphatic heterocycles. The number of hydrogen-bond acceptors (Lipinski definition) is 22. The molecule has 6 aliphatic rings. The number of aliphatic hydroxyl groups is 2. The number of unbranched alkanes of at least 4 members (excludes halogenated alkanes) is 1. The second kappa shape index (κ2) is 35.7. The number of rotatable bonds is 35. The van der Waals surface area contributed by atoms with E-state index in [1.165, 1.54) is 38.9 Å². The summed E-state index contributed by atoms with van der Waals surface area (Å²) in [5.74, 6) is 1.51. The highest BCUT2D eigenvalue weighted by Crippen LogP contribution is 2.38. The molecule has 30 heteroatoms. The van der Waals surface area contributed by atoms with E-state index >= 15 is 0 Å². The highest BCUT2D eigenvalue weighted by Gasteiger charge is 2.46. The first-order chi connectivity index (χ1) is 47.0. The largest absolute Gasteiger partial charge is 0.494 e. The number of amides is 3. The molecule has 4 saturated heterocycles. The average molecular weight is 1410 g/mol. The van der Waals surface area contributed by atoms with E-state index in [4.69, 9.17) is 61.9 Å². The van der Waals surface area contributed by atoms with Crippen LogP contribution in [0.2, 0.25) is 0 Å². The molecular formula is C68H93N5O23S2. The first kappa shape index (κ1) is 75.0. The lowest BCUT2D eigenvalue weighted by molar-refractivity contribution is -0.137. The second-order valence-corrected chi connectivity index (χ2v) is 29.6. The number of nitrogens with one attached hydrogen (secondary N) is 3. The lowest BCUT2D eigenvalue weighted by Crippen LogP contribution is -2.51. The Balaban J connectivity index is 0.000000230. The van der Waals surface area contributed by atoms with Crippen molar-refractivity contribution in [3.05, 3.63) is 96.1 Å². The number of nitrogens with zero attached hydrogens (tertiary/aromatic N) is 2. The molecule has 0 aliphatic carbocycles. The molecule has 3 amide bonds. The number of sulfonamides is 2. The summed E-state index contributed by atoms with van der Waals surface area (Å²) >= 11 is 0. The van der Waals surface area contributed by atoms with Crippen LogP contribution in [0, 0.1) is 23.7 Å². The minimum absolute atomic E-state index is 0.000950. The second-order valence-electron chi connectivity index (χ2n) is 25.7. The molecule has 540 valence electrons. The lowest BCUT2D eigenvalue weighted by atomic mass is 10.0. The van der Waals surface area contributed by atoms with Gasteiger partial charge in [-0.25, -0.2) is 26.4 Å². The summed E-state index contributed by atoms with van der Waals surface area (Å²) in [6.07, 6.45) is -0.991. The van der Waals surface area contributed by atoms with Gasteiger partial charge < -0.3 is 88.1 Å². The van der Waals surface area contributed by atoms with E-state index in [0.29, 0.717) is 93.0 Å². The molecule has 0 unspecified atom stereocenters. The van der Waals surface area contributed by atoms with Crippen molar-refractivity contribution in [2.24, 2.45) is 23.7 Å². The van der Waals surface area contributed by atoms with Crippen molar-refractivity contribution < 1.29 is 108 Å². The fourth-order valence-corrected chi connectivity index (χ4v) is 15.3. The van der Waals surface area contributed by atoms with Gasteiger partial charge in [0.25, 0.3) is 0 Å². The van der Waals surface area contributed by atoms with Crippen molar-refractivity contribution in [3.8, 4) is 34.5 Å². The third kappa shape index (κ3) is 21.1. The van der Waals surface area contributed by atoms with Crippen LogP contribution >= 0.6 is 0 Å². The first-order valence-corrected chi connectivity index (χ1v) is 36.4. The number of hydrogen-bond donors (Lipinski definition) is 6. The van der Waals surface area contributed by atoms with Gasteiger partial charge in [0, 0.05) is 57.7 Å². The summed E-state index contributed by atoms with van der Waals surface area (Å²) in [5, 5.41) is 40.5. The Kier molecular flexibility index (Phi) is 27.3. The zero-order chi connectivity index (χ0) is 69.9. The Morgan fingerprint density at radius 2 is 0.990 bits per heavy atom. The van der Waals surface area contributed by atoms with Crippen LogP contribution in [-0.2, 0) is 70.9 Å². The quantitative estimate of drug-likeness (QED) is 0.0273. The number of carbonyl (C=O) groups is 4. The molecule has 0 bridgehead atoms. The molecule has 4 aromatic carbocycles. The van der Waals surface area contributed by atoms with Crippen LogP contribution in [0.5, 0.6) is 34.5 Å². The molecule has 10 atom stereocenters. The van der Waals surface area contributed by atoms with Crippen LogP contribution in [0.1, 0.15) is 97.1 Å². The maximum atomic E-state index is 13.9. The van der Waals surface area contributed by atoms with Crippen molar-refractivity contribution in [1.82, 2.24) is 24.6 Å². The van der Waals surface area contributed by atoms with E-state index in [1.54, 1.807) is 42.5 Å². The molecule has 0 saturated carbocycles. The van der Waals surface area contributed by atoms with E-state index in [9.17, 15) is 46.2 Å². The minimum Gasteiger partial charge on any atom is -0.494 e. The summed E-state index contributed by atoms with van der Waals surface area (Å²) in [7, 11) is -8.17. The van der Waals surface area contributed by atoms with Crippen molar-refractivity contribution >= 4 is 44.1 Å². The number of alkyl carbamates (subject to hydrolysis) is 2. The van der Waals surface area contributed by atoms with Gasteiger partial charge in [-0.1, -0.05) is 65.3 Å². The van der Waals surface area contributed by atoms with Crippen LogP contribution in [0.3, 0.4) is 0 Å². The molecule has 0 radical (unpaired) electrons. The Hall–Kier alpha value is -7.26. The van der Waals surface area contributed by atoms with Crippen molar-refractivity contribution in [2.75, 3.05) is 86.0 Å². The molecule has 98 heavy (non-hydrogen) atoms. The van der Waals surface area contributed by atoms with Crippen molar-refractivity contribution in [2.45, 2.75) is 158 Å². The molecule has 28 nitrogen and oxygen atoms in total. The zero-order valence-electron chi connectivity index (χ0n) is 56.0. The predicted molar refractivity (Wildman–Crippen MR) is 352 cm³/mol. The maximum Gasteiger partial charge on any atom is 0.407 e. The Morgan fingerprint density at radius 3 is 1.41 bits per heavy atom. The summed E-state index contributed by atoms with van der Waals surface area (Å²) < 4.78 is 125. The fraction of sp³-hybridized carbons (Fsp3) is 0.588. The van der Waals surface area contributed by atoms with Crippen LogP contribution in [0.4, 0.5) is 9.59 Å². The highest BCUT2D eigenvalue weighted by molar-refractivity contribution is 7.89. The number of carbonyl (C=O) groups excluding carboxylic acids is 3. The fourth-order valence-electron chi connectivity index (χ4n) is 12.0. The Morgan fingerprint density at radius 1 is 0.561 bits per heavy atom. The van der Waals surface area contributed by atoms with E-state index < -0.39 is 87.3 Å². The monoisotopic (exact) mass is 1410 g/mol. The molecule has 6 heterocycles. The van der Waals surface area contributed by atoms with Crippen LogP contribution in [0.25, 0.3) is 0 Å². The first-order valence-electron chi connectivity index (χ1n) is 33.5. The number of aliphatic hydroxyl groups excluding tert-OH is 2. The minimum atomic E-state index is -4.09. The molecule has 0 aromatic heterocycles. The summed E-state index contributed by atoms with van der Waals surface area (Å²) in [6.45, 7) is 11.9. The Bertz CT molecular complexity index is 3500. The topological polar surface area (TPSA) is 351 Å². The van der Waals surface area contributed by atoms with Crippen LogP contribution in [0.15, 0.2) is 94.7 Å². The number of fused-ring (bicyclic) bond motifs is 4. The van der Waals surface area contributed by atoms with Gasteiger partial charge in [-0.3, -0.25) is 9.59 Å². The van der Waals surface area contributed by atoms with Gasteiger partial charge in [-0.15, -0.1) is 0 Å². The third-order valence-corrected chi connectivity index (χ3v) is 20.8. The van der Waals surface area contributed by atoms with Gasteiger partial charge in [-0.2, -0.15) is 8.61 Å². The number of aliphatic carboxylic acids is 1. The summed E-state index contributed by atoms with van der Waals surface area (Å²) in [5.41, 5.74) is 1.50. The van der Waals surface area contributed by atoms with Gasteiger partial charge in [0.1, 0.15) is 23.7 Å². The molecule has 0 spiro atoms. The molecule has 10 rings (SSSR count). The number of carboxylic acids is 1. The molecule has 6 N–H and O–H groups in total. The lowest BCUT2D eigenvalue weighted by Gasteiger charge is -2.31. The smallest absolute Gasteiger partial charge is 0.407 e. The number of carboxylic acid groups (broad SMARTS) is 1. The van der Waals surface area contributed by atoms with Gasteiger partial charge >= 0.3 is 18.2 Å². The zero-order valence-corrected chi connectivity index (χ0v) is 57.6. The predicted octanol–water partition coefficient (Wildman–Crippen LogP) is 6.36. The Labute approximate surface area is 572 Å². The number of benzene rings is 4. The average Bonchev–Trinajstić information content (AvgIpc) is 1.32. The van der Waals surface area contributed by atoms with Crippen LogP contribution in [-0.4, -0.2) is 200 Å². The standard InChI is InChI=1S/C36H51N3O11S.C32H42N2O12S/c1-4-5-15-37-34(41)7-6-16-45-26-10-8-25(9-11-26)18-29(38-36(42)50-33-22-47-35-28(33)14-17-46-35)30(40)21-39(20-24(2)3)51(43,44)27-12-13-31-32(19-27)49-23-48-31;1-20(2)16-34(47(39,40)23-9-10-27-28(15-23)45-19-44-27)17-26(35)25(33-32(38)46-29-18-43-31-24(29)11-13-42-31)14-21-5-7-22(8-6-21)41-12-3-4-30(36)37/h8-13,19,24,28-30,33,35,40H,4-7,14-18,20-23H2,1-3H3,(H,37,41)(H,38,42);5-10,15,20,24-26,29,31,35H,3-4,11-14,16-19H2,1-2H3,(H,33,38)(H,36,37)/t28-,29-,30+,33-,35+;24-,25-,26+,29-,31+/m00/s1. The van der Waals surface area contributed by atoms with E-state index in [0.717, 1.165) is 24.0 Å². The van der Waals surface area contributed by atoms with E-state index in [-0.39, 0.29) is 118 Å². The molecule has 4 aromatic rings. The molecular weight excluding hydrogens is 1320 g/mol. The van der Waals surface area contributed by atoms with Gasteiger partial charge in [-0.05, 0) is 116 Å². The van der Waals surface area contributed by atoms with Gasteiger partial charge in [0.15, 0.2) is 35.6 Å². The molecule has 4 fully saturated rings. The van der Waals surface area contributed by atoms with E-state index in [1.807, 2.05) is 39.8 Å². The van der Waals surface area contributed by atoms with E-state index in [2.05, 4.69) is 22.9 Å². The third-order valence-electron chi connectivity index (χ3n) is 17.1. The number of ether oxygens (including phenoxy) is 12. The van der Waals surface area contributed by atoms with Gasteiger partial charge in [0.05, 0.1) is 85.6 Å².